The lowest BCUT2D eigenvalue weighted by atomic mass is 10.3. The highest BCUT2D eigenvalue weighted by Gasteiger charge is 2.08. The Hall–Kier alpha value is -4.00. The second-order valence-electron chi connectivity index (χ2n) is 6.56. The number of anilines is 1. The molecule has 31 heavy (non-hydrogen) atoms. The lowest BCUT2D eigenvalue weighted by molar-refractivity contribution is -0.147. The van der Waals surface area contributed by atoms with Crippen LogP contribution < -0.4 is 10.1 Å². The van der Waals surface area contributed by atoms with Gasteiger partial charge in [0.15, 0.2) is 6.61 Å². The number of carbonyl (C=O) groups excluding carboxylic acids is 2. The summed E-state index contributed by atoms with van der Waals surface area (Å²) < 4.78 is 10.5. The molecule has 7 nitrogen and oxygen atoms in total. The molecule has 0 aliphatic heterocycles. The lowest BCUT2D eigenvalue weighted by Gasteiger charge is -2.07. The monoisotopic (exact) mass is 417 g/mol. The van der Waals surface area contributed by atoms with Crippen LogP contribution in [0.1, 0.15) is 12.8 Å². The van der Waals surface area contributed by atoms with Crippen molar-refractivity contribution in [2.75, 3.05) is 18.5 Å². The Bertz CT molecular complexity index is 990. The Labute approximate surface area is 180 Å². The van der Waals surface area contributed by atoms with E-state index in [1.807, 2.05) is 60.7 Å². The molecule has 0 aliphatic rings. The van der Waals surface area contributed by atoms with E-state index < -0.39 is 11.9 Å². The summed E-state index contributed by atoms with van der Waals surface area (Å²) in [4.78, 5) is 23.7. The van der Waals surface area contributed by atoms with Crippen LogP contribution in [-0.2, 0) is 14.3 Å². The second-order valence-corrected chi connectivity index (χ2v) is 6.56. The van der Waals surface area contributed by atoms with Gasteiger partial charge in [0, 0.05) is 12.1 Å². The zero-order valence-electron chi connectivity index (χ0n) is 16.9. The molecule has 1 amide bonds. The zero-order valence-corrected chi connectivity index (χ0v) is 16.9. The van der Waals surface area contributed by atoms with Gasteiger partial charge >= 0.3 is 5.97 Å². The van der Waals surface area contributed by atoms with Crippen molar-refractivity contribution in [3.05, 3.63) is 84.9 Å². The molecule has 0 bridgehead atoms. The number of carbonyl (C=O) groups is 2. The molecular formula is C24H23N3O4. The van der Waals surface area contributed by atoms with Crippen molar-refractivity contribution < 1.29 is 19.1 Å². The van der Waals surface area contributed by atoms with Crippen LogP contribution in [0, 0.1) is 0 Å². The SMILES string of the molecule is O=C(COC(=O)CCCOc1ccccc1)Nc1ccc(N=Nc2ccccc2)cc1. The van der Waals surface area contributed by atoms with Gasteiger partial charge in [-0.15, -0.1) is 0 Å². The summed E-state index contributed by atoms with van der Waals surface area (Å²) in [5, 5.41) is 11.0. The van der Waals surface area contributed by atoms with Crippen molar-refractivity contribution in [1.82, 2.24) is 0 Å². The normalized spacial score (nSPS) is 10.6. The van der Waals surface area contributed by atoms with Crippen molar-refractivity contribution in [1.29, 1.82) is 0 Å². The molecule has 0 aliphatic carbocycles. The summed E-state index contributed by atoms with van der Waals surface area (Å²) in [6.07, 6.45) is 0.690. The standard InChI is InChI=1S/C24H23N3O4/c28-23(18-31-24(29)12-7-17-30-22-10-5-2-6-11-22)25-19-13-15-21(16-14-19)27-26-20-8-3-1-4-9-20/h1-6,8-11,13-16H,7,12,17-18H2,(H,25,28). The molecule has 0 heterocycles. The fraction of sp³-hybridized carbons (Fsp3) is 0.167. The molecule has 0 aromatic heterocycles. The van der Waals surface area contributed by atoms with E-state index in [4.69, 9.17) is 9.47 Å². The molecule has 0 atom stereocenters. The van der Waals surface area contributed by atoms with Gasteiger partial charge in [-0.3, -0.25) is 9.59 Å². The summed E-state index contributed by atoms with van der Waals surface area (Å²) in [5.41, 5.74) is 2.00. The fourth-order valence-electron chi connectivity index (χ4n) is 2.56. The van der Waals surface area contributed by atoms with Crippen molar-refractivity contribution in [2.45, 2.75) is 12.8 Å². The number of azo groups is 1. The molecule has 158 valence electrons. The van der Waals surface area contributed by atoms with Gasteiger partial charge in [-0.1, -0.05) is 36.4 Å². The number of para-hydroxylation sites is 1. The summed E-state index contributed by atoms with van der Waals surface area (Å²) in [6.45, 7) is 0.0626. The summed E-state index contributed by atoms with van der Waals surface area (Å²) in [5.74, 6) is -0.0983. The first-order valence-corrected chi connectivity index (χ1v) is 9.89. The number of esters is 1. The highest BCUT2D eigenvalue weighted by molar-refractivity contribution is 5.92. The Balaban J connectivity index is 1.33. The number of hydrogen-bond donors (Lipinski definition) is 1. The molecule has 3 rings (SSSR count). The molecule has 7 heteroatoms. The molecule has 0 saturated heterocycles. The fourth-order valence-corrected chi connectivity index (χ4v) is 2.56. The summed E-state index contributed by atoms with van der Waals surface area (Å²) >= 11 is 0. The highest BCUT2D eigenvalue weighted by Crippen LogP contribution is 2.20. The topological polar surface area (TPSA) is 89.4 Å². The van der Waals surface area contributed by atoms with Gasteiger partial charge in [-0.2, -0.15) is 10.2 Å². The first kappa shape index (κ1) is 21.7. The Morgan fingerprint density at radius 1 is 0.774 bits per heavy atom. The number of rotatable bonds is 10. The minimum atomic E-state index is -0.441. The molecule has 3 aromatic carbocycles. The second kappa shape index (κ2) is 11.9. The maximum absolute atomic E-state index is 12.0. The average molecular weight is 417 g/mol. The Kier molecular flexibility index (Phi) is 8.31. The van der Waals surface area contributed by atoms with E-state index in [1.54, 1.807) is 24.3 Å². The van der Waals surface area contributed by atoms with Crippen molar-refractivity contribution in [3.63, 3.8) is 0 Å². The van der Waals surface area contributed by atoms with Crippen molar-refractivity contribution in [2.24, 2.45) is 10.2 Å². The molecular weight excluding hydrogens is 394 g/mol. The van der Waals surface area contributed by atoms with Crippen LogP contribution >= 0.6 is 0 Å². The van der Waals surface area contributed by atoms with E-state index in [2.05, 4.69) is 15.5 Å². The zero-order chi connectivity index (χ0) is 21.7. The number of nitrogens with zero attached hydrogens (tertiary/aromatic N) is 2. The van der Waals surface area contributed by atoms with Crippen LogP contribution in [0.25, 0.3) is 0 Å². The van der Waals surface area contributed by atoms with E-state index in [0.29, 0.717) is 24.4 Å². The maximum atomic E-state index is 12.0. The smallest absolute Gasteiger partial charge is 0.306 e. The van der Waals surface area contributed by atoms with E-state index in [1.165, 1.54) is 0 Å². The van der Waals surface area contributed by atoms with E-state index in [0.717, 1.165) is 11.4 Å². The largest absolute Gasteiger partial charge is 0.494 e. The van der Waals surface area contributed by atoms with Gasteiger partial charge in [-0.25, -0.2) is 0 Å². The maximum Gasteiger partial charge on any atom is 0.306 e. The van der Waals surface area contributed by atoms with Crippen molar-refractivity contribution in [3.8, 4) is 5.75 Å². The number of amides is 1. The van der Waals surface area contributed by atoms with Gasteiger partial charge in [0.1, 0.15) is 5.75 Å². The van der Waals surface area contributed by atoms with Gasteiger partial charge in [0.2, 0.25) is 0 Å². The highest BCUT2D eigenvalue weighted by atomic mass is 16.5. The predicted molar refractivity (Wildman–Crippen MR) is 118 cm³/mol. The van der Waals surface area contributed by atoms with Gasteiger partial charge in [0.05, 0.1) is 18.0 Å². The first-order chi connectivity index (χ1) is 15.2. The summed E-state index contributed by atoms with van der Waals surface area (Å²) in [7, 11) is 0. The molecule has 0 unspecified atom stereocenters. The van der Waals surface area contributed by atoms with E-state index in [-0.39, 0.29) is 13.0 Å². The molecule has 0 saturated carbocycles. The first-order valence-electron chi connectivity index (χ1n) is 9.89. The third-order valence-corrected chi connectivity index (χ3v) is 4.09. The average Bonchev–Trinajstić information content (AvgIpc) is 2.81. The molecule has 3 aromatic rings. The Morgan fingerprint density at radius 2 is 1.39 bits per heavy atom. The van der Waals surface area contributed by atoms with E-state index in [9.17, 15) is 9.59 Å². The van der Waals surface area contributed by atoms with Gasteiger partial charge < -0.3 is 14.8 Å². The van der Waals surface area contributed by atoms with Gasteiger partial charge in [0.25, 0.3) is 5.91 Å². The predicted octanol–water partition coefficient (Wildman–Crippen LogP) is 5.44. The molecule has 0 spiro atoms. The van der Waals surface area contributed by atoms with Crippen LogP contribution in [0.5, 0.6) is 5.75 Å². The molecule has 1 N–H and O–H groups in total. The Morgan fingerprint density at radius 3 is 2.06 bits per heavy atom. The minimum absolute atomic E-state index is 0.182. The lowest BCUT2D eigenvalue weighted by Crippen LogP contribution is -2.21. The third-order valence-electron chi connectivity index (χ3n) is 4.09. The number of ether oxygens (including phenoxy) is 2. The minimum Gasteiger partial charge on any atom is -0.494 e. The number of hydrogen-bond acceptors (Lipinski definition) is 6. The number of nitrogens with one attached hydrogen (secondary N) is 1. The number of benzene rings is 3. The molecule has 0 radical (unpaired) electrons. The summed E-state index contributed by atoms with van der Waals surface area (Å²) in [6, 6.07) is 25.6. The van der Waals surface area contributed by atoms with Gasteiger partial charge in [-0.05, 0) is 55.0 Å². The van der Waals surface area contributed by atoms with E-state index >= 15 is 0 Å². The van der Waals surface area contributed by atoms with Crippen molar-refractivity contribution >= 4 is 28.9 Å². The quantitative estimate of drug-likeness (QED) is 0.270. The van der Waals surface area contributed by atoms with Crippen LogP contribution in [0.4, 0.5) is 17.1 Å². The van der Waals surface area contributed by atoms with Crippen LogP contribution in [-0.4, -0.2) is 25.1 Å². The van der Waals surface area contributed by atoms with Crippen LogP contribution in [0.3, 0.4) is 0 Å². The molecule has 0 fully saturated rings. The van der Waals surface area contributed by atoms with Crippen LogP contribution in [0.2, 0.25) is 0 Å². The van der Waals surface area contributed by atoms with Crippen LogP contribution in [0.15, 0.2) is 95.2 Å². The third kappa shape index (κ3) is 8.10.